The van der Waals surface area contributed by atoms with Crippen LogP contribution >= 0.6 is 11.3 Å². The first kappa shape index (κ1) is 23.7. The molecule has 0 aliphatic rings. The second kappa shape index (κ2) is 10.7. The second-order valence-electron chi connectivity index (χ2n) is 7.57. The van der Waals surface area contributed by atoms with Gasteiger partial charge < -0.3 is 18.9 Å². The van der Waals surface area contributed by atoms with Crippen LogP contribution in [0.3, 0.4) is 0 Å². The van der Waals surface area contributed by atoms with Crippen molar-refractivity contribution >= 4 is 32.6 Å². The normalized spacial score (nSPS) is 11.2. The Morgan fingerprint density at radius 3 is 2.38 bits per heavy atom. The number of hydrogen-bond donors (Lipinski definition) is 0. The molecule has 2 aromatic heterocycles. The van der Waals surface area contributed by atoms with E-state index in [0.29, 0.717) is 41.0 Å². The zero-order valence-corrected chi connectivity index (χ0v) is 20.6. The van der Waals surface area contributed by atoms with E-state index < -0.39 is 0 Å². The molecule has 1 amide bonds. The summed E-state index contributed by atoms with van der Waals surface area (Å²) in [6, 6.07) is 14.9. The van der Waals surface area contributed by atoms with Crippen molar-refractivity contribution in [3.63, 3.8) is 0 Å². The van der Waals surface area contributed by atoms with Gasteiger partial charge in [0.25, 0.3) is 5.91 Å². The Morgan fingerprint density at radius 1 is 1.00 bits per heavy atom. The maximum absolute atomic E-state index is 13.7. The number of ether oxygens (including phenoxy) is 2. The Labute approximate surface area is 202 Å². The summed E-state index contributed by atoms with van der Waals surface area (Å²) in [7, 11) is 3.22. The molecule has 0 unspecified atom stereocenters. The van der Waals surface area contributed by atoms with Gasteiger partial charge in [0, 0.05) is 24.7 Å². The topological polar surface area (TPSA) is 80.9 Å². The van der Waals surface area contributed by atoms with E-state index in [4.69, 9.17) is 19.0 Å². The van der Waals surface area contributed by atoms with Gasteiger partial charge in [-0.3, -0.25) is 9.69 Å². The van der Waals surface area contributed by atoms with Crippen LogP contribution in [0.15, 0.2) is 53.1 Å². The molecule has 0 saturated heterocycles. The molecule has 0 spiro atoms. The number of hydrogen-bond acceptors (Lipinski definition) is 8. The van der Waals surface area contributed by atoms with Crippen LogP contribution in [-0.2, 0) is 0 Å². The highest BCUT2D eigenvalue weighted by molar-refractivity contribution is 7.22. The third-order valence-corrected chi connectivity index (χ3v) is 6.79. The zero-order valence-electron chi connectivity index (χ0n) is 19.8. The molecule has 0 atom stereocenters. The van der Waals surface area contributed by atoms with E-state index in [1.807, 2.05) is 42.5 Å². The Morgan fingerprint density at radius 2 is 1.71 bits per heavy atom. The summed E-state index contributed by atoms with van der Waals surface area (Å²) in [6.45, 7) is 7.15. The summed E-state index contributed by atoms with van der Waals surface area (Å²) in [5.74, 6) is 1.58. The van der Waals surface area contributed by atoms with Gasteiger partial charge in [0.1, 0.15) is 21.7 Å². The van der Waals surface area contributed by atoms with Crippen LogP contribution in [-0.4, -0.2) is 61.3 Å². The molecule has 9 heteroatoms. The number of likely N-dealkylation sites (N-methyl/N-ethyl adjacent to an activating group) is 1. The molecule has 4 aromatic rings. The standard InChI is InChI=1S/C25H28N4O4S/c1-5-28(6-2)14-15-29(24(30)18-16-21(33-27-18)17-10-8-7-9-11-17)25-26-22-19(31-3)12-13-20(32-4)23(22)34-25/h7-13,16H,5-6,14-15H2,1-4H3. The lowest BCUT2D eigenvalue weighted by molar-refractivity contribution is 0.0975. The first-order chi connectivity index (χ1) is 16.6. The van der Waals surface area contributed by atoms with E-state index in [1.54, 1.807) is 25.2 Å². The monoisotopic (exact) mass is 480 g/mol. The molecule has 0 aliphatic heterocycles. The molecule has 2 heterocycles. The van der Waals surface area contributed by atoms with Crippen molar-refractivity contribution in [1.82, 2.24) is 15.0 Å². The zero-order chi connectivity index (χ0) is 24.1. The van der Waals surface area contributed by atoms with E-state index in [1.165, 1.54) is 11.3 Å². The maximum atomic E-state index is 13.7. The SMILES string of the molecule is CCN(CC)CCN(C(=O)c1cc(-c2ccccc2)on1)c1nc2c(OC)ccc(OC)c2s1. The third-order valence-electron chi connectivity index (χ3n) is 5.70. The summed E-state index contributed by atoms with van der Waals surface area (Å²) in [6.07, 6.45) is 0. The number of fused-ring (bicyclic) bond motifs is 1. The highest BCUT2D eigenvalue weighted by Crippen LogP contribution is 2.40. The minimum Gasteiger partial charge on any atom is -0.495 e. The number of aromatic nitrogens is 2. The molecule has 0 radical (unpaired) electrons. The Bertz CT molecular complexity index is 1210. The predicted octanol–water partition coefficient (Wildman–Crippen LogP) is 4.96. The van der Waals surface area contributed by atoms with Crippen molar-refractivity contribution in [3.8, 4) is 22.8 Å². The first-order valence-corrected chi connectivity index (χ1v) is 12.0. The summed E-state index contributed by atoms with van der Waals surface area (Å²) < 4.78 is 17.3. The Hall–Kier alpha value is -3.43. The van der Waals surface area contributed by atoms with E-state index in [2.05, 4.69) is 23.9 Å². The summed E-state index contributed by atoms with van der Waals surface area (Å²) in [4.78, 5) is 22.3. The van der Waals surface area contributed by atoms with Crippen LogP contribution in [0.25, 0.3) is 21.5 Å². The molecule has 34 heavy (non-hydrogen) atoms. The molecule has 0 aliphatic carbocycles. The van der Waals surface area contributed by atoms with Crippen LogP contribution in [0.4, 0.5) is 5.13 Å². The van der Waals surface area contributed by atoms with E-state index in [0.717, 1.165) is 23.4 Å². The lowest BCUT2D eigenvalue weighted by atomic mass is 10.1. The van der Waals surface area contributed by atoms with Crippen molar-refractivity contribution in [2.75, 3.05) is 45.3 Å². The molecule has 0 bridgehead atoms. The van der Waals surface area contributed by atoms with Gasteiger partial charge in [-0.05, 0) is 25.2 Å². The van der Waals surface area contributed by atoms with E-state index in [9.17, 15) is 4.79 Å². The number of amides is 1. The molecule has 178 valence electrons. The third kappa shape index (κ3) is 4.76. The molecular weight excluding hydrogens is 452 g/mol. The minimum absolute atomic E-state index is 0.233. The molecule has 0 N–H and O–H groups in total. The van der Waals surface area contributed by atoms with Gasteiger partial charge >= 0.3 is 0 Å². The molecule has 2 aromatic carbocycles. The highest BCUT2D eigenvalue weighted by Gasteiger charge is 2.26. The van der Waals surface area contributed by atoms with Crippen molar-refractivity contribution in [2.45, 2.75) is 13.8 Å². The quantitative estimate of drug-likeness (QED) is 0.317. The van der Waals surface area contributed by atoms with Gasteiger partial charge in [0.15, 0.2) is 16.6 Å². The average Bonchev–Trinajstić information content (AvgIpc) is 3.54. The smallest absolute Gasteiger partial charge is 0.282 e. The number of rotatable bonds is 10. The van der Waals surface area contributed by atoms with Gasteiger partial charge in [-0.25, -0.2) is 4.98 Å². The minimum atomic E-state index is -0.268. The Kier molecular flexibility index (Phi) is 7.44. The van der Waals surface area contributed by atoms with Gasteiger partial charge in [0.2, 0.25) is 0 Å². The lowest BCUT2D eigenvalue weighted by Crippen LogP contribution is -2.39. The van der Waals surface area contributed by atoms with Crippen LogP contribution < -0.4 is 14.4 Å². The fourth-order valence-corrected chi connectivity index (χ4v) is 4.81. The van der Waals surface area contributed by atoms with Crippen molar-refractivity contribution in [1.29, 1.82) is 0 Å². The molecule has 8 nitrogen and oxygen atoms in total. The average molecular weight is 481 g/mol. The lowest BCUT2D eigenvalue weighted by Gasteiger charge is -2.24. The largest absolute Gasteiger partial charge is 0.495 e. The molecular formula is C25H28N4O4S. The van der Waals surface area contributed by atoms with Crippen molar-refractivity contribution in [2.24, 2.45) is 0 Å². The fourth-order valence-electron chi connectivity index (χ4n) is 3.71. The fraction of sp³-hybridized carbons (Fsp3) is 0.320. The number of methoxy groups -OCH3 is 2. The van der Waals surface area contributed by atoms with Gasteiger partial charge in [-0.15, -0.1) is 0 Å². The number of nitrogens with zero attached hydrogens (tertiary/aromatic N) is 4. The molecule has 4 rings (SSSR count). The second-order valence-corrected chi connectivity index (χ2v) is 8.55. The summed E-state index contributed by atoms with van der Waals surface area (Å²) >= 11 is 1.39. The highest BCUT2D eigenvalue weighted by atomic mass is 32.1. The number of thiazole rings is 1. The van der Waals surface area contributed by atoms with Crippen LogP contribution in [0.5, 0.6) is 11.5 Å². The van der Waals surface area contributed by atoms with Gasteiger partial charge in [-0.1, -0.05) is 60.7 Å². The Balaban J connectivity index is 1.72. The van der Waals surface area contributed by atoms with E-state index in [-0.39, 0.29) is 11.6 Å². The van der Waals surface area contributed by atoms with Crippen LogP contribution in [0.1, 0.15) is 24.3 Å². The molecule has 0 fully saturated rings. The molecule has 0 saturated carbocycles. The summed E-state index contributed by atoms with van der Waals surface area (Å²) in [5.41, 5.74) is 1.75. The van der Waals surface area contributed by atoms with Crippen LogP contribution in [0, 0.1) is 0 Å². The van der Waals surface area contributed by atoms with Crippen LogP contribution in [0.2, 0.25) is 0 Å². The van der Waals surface area contributed by atoms with Crippen molar-refractivity contribution < 1.29 is 18.8 Å². The first-order valence-electron chi connectivity index (χ1n) is 11.2. The maximum Gasteiger partial charge on any atom is 0.282 e. The van der Waals surface area contributed by atoms with Gasteiger partial charge in [-0.2, -0.15) is 0 Å². The van der Waals surface area contributed by atoms with E-state index >= 15 is 0 Å². The number of benzene rings is 2. The van der Waals surface area contributed by atoms with Crippen molar-refractivity contribution in [3.05, 3.63) is 54.2 Å². The summed E-state index contributed by atoms with van der Waals surface area (Å²) in [5, 5.41) is 4.63. The van der Waals surface area contributed by atoms with Gasteiger partial charge in [0.05, 0.1) is 14.2 Å². The number of anilines is 1. The predicted molar refractivity (Wildman–Crippen MR) is 134 cm³/mol. The number of carbonyl (C=O) groups is 1. The number of carbonyl (C=O) groups excluding carboxylic acids is 1.